The van der Waals surface area contributed by atoms with Crippen molar-refractivity contribution in [1.29, 1.82) is 0 Å². The highest BCUT2D eigenvalue weighted by Crippen LogP contribution is 2.33. The Morgan fingerprint density at radius 2 is 2.04 bits per heavy atom. The molecule has 1 unspecified atom stereocenters. The molecule has 0 aliphatic carbocycles. The zero-order valence-corrected chi connectivity index (χ0v) is 16.7. The van der Waals surface area contributed by atoms with E-state index in [0.29, 0.717) is 6.54 Å². The van der Waals surface area contributed by atoms with E-state index in [1.165, 1.54) is 11.1 Å². The lowest BCUT2D eigenvalue weighted by Gasteiger charge is -2.33. The van der Waals surface area contributed by atoms with E-state index in [-0.39, 0.29) is 0 Å². The van der Waals surface area contributed by atoms with Crippen molar-refractivity contribution in [1.82, 2.24) is 10.2 Å². The number of fused-ring (bicyclic) bond motifs is 1. The molecule has 3 rings (SSSR count). The first kappa shape index (κ1) is 19.2. The minimum atomic E-state index is -0.657. The van der Waals surface area contributed by atoms with Crippen LogP contribution in [0.1, 0.15) is 24.5 Å². The van der Waals surface area contributed by atoms with Crippen molar-refractivity contribution in [2.75, 3.05) is 45.4 Å². The quantitative estimate of drug-likeness (QED) is 0.602. The van der Waals surface area contributed by atoms with Crippen LogP contribution in [0.3, 0.4) is 0 Å². The summed E-state index contributed by atoms with van der Waals surface area (Å²) in [4.78, 5) is 7.01. The molecule has 1 fully saturated rings. The van der Waals surface area contributed by atoms with Crippen LogP contribution in [0.4, 0.5) is 0 Å². The number of nitrogens with zero attached hydrogens (tertiary/aromatic N) is 2. The molecule has 2 aliphatic heterocycles. The maximum absolute atomic E-state index is 10.6. The molecule has 2 N–H and O–H groups in total. The average molecular weight is 380 g/mol. The van der Waals surface area contributed by atoms with Crippen LogP contribution in [0, 0.1) is 0 Å². The van der Waals surface area contributed by atoms with Crippen molar-refractivity contribution in [3.63, 3.8) is 0 Å². The first-order chi connectivity index (χ1) is 12.6. The summed E-state index contributed by atoms with van der Waals surface area (Å²) in [5, 5.41) is 14.0. The van der Waals surface area contributed by atoms with Gasteiger partial charge in [0.2, 0.25) is 0 Å². The lowest BCUT2D eigenvalue weighted by atomic mass is 9.99. The van der Waals surface area contributed by atoms with Crippen LogP contribution in [0.25, 0.3) is 0 Å². The monoisotopic (exact) mass is 379 g/mol. The highest BCUT2D eigenvalue weighted by Gasteiger charge is 2.32. The van der Waals surface area contributed by atoms with Gasteiger partial charge in [-0.05, 0) is 48.8 Å². The van der Waals surface area contributed by atoms with Gasteiger partial charge in [0.25, 0.3) is 0 Å². The zero-order valence-electron chi connectivity index (χ0n) is 15.9. The number of ether oxygens (including phenoxy) is 2. The van der Waals surface area contributed by atoms with Gasteiger partial charge in [-0.25, -0.2) is 0 Å². The van der Waals surface area contributed by atoms with Gasteiger partial charge in [0.1, 0.15) is 0 Å². The number of aliphatic imine (C=N–C) groups is 1. The standard InChI is InChI=1S/C19H29N3O3S/c1-4-20-18(21-12-19(23)6-8-26-13-19)22-7-5-14-9-16(24-2)17(25-3)10-15(14)11-22/h9-10,23H,4-8,11-13H2,1-3H3,(H,20,21). The minimum absolute atomic E-state index is 0.456. The number of aliphatic hydroxyl groups is 1. The van der Waals surface area contributed by atoms with Crippen LogP contribution >= 0.6 is 11.8 Å². The molecule has 0 bridgehead atoms. The summed E-state index contributed by atoms with van der Waals surface area (Å²) in [5.41, 5.74) is 1.87. The lowest BCUT2D eigenvalue weighted by Crippen LogP contribution is -2.45. The summed E-state index contributed by atoms with van der Waals surface area (Å²) < 4.78 is 10.9. The molecule has 2 aliphatic rings. The van der Waals surface area contributed by atoms with Crippen LogP contribution < -0.4 is 14.8 Å². The Morgan fingerprint density at radius 1 is 1.31 bits per heavy atom. The Kier molecular flexibility index (Phi) is 6.19. The molecular formula is C19H29N3O3S. The lowest BCUT2D eigenvalue weighted by molar-refractivity contribution is 0.0775. The fourth-order valence-corrected chi connectivity index (χ4v) is 4.72. The van der Waals surface area contributed by atoms with Gasteiger partial charge >= 0.3 is 0 Å². The Hall–Kier alpha value is -1.60. The van der Waals surface area contributed by atoms with Crippen LogP contribution in [0.5, 0.6) is 11.5 Å². The fourth-order valence-electron chi connectivity index (χ4n) is 3.43. The SMILES string of the molecule is CCNC(=NCC1(O)CCSC1)N1CCc2cc(OC)c(OC)cc2C1. The van der Waals surface area contributed by atoms with Crippen molar-refractivity contribution >= 4 is 17.7 Å². The molecule has 0 saturated carbocycles. The number of methoxy groups -OCH3 is 2. The number of benzene rings is 1. The summed E-state index contributed by atoms with van der Waals surface area (Å²) >= 11 is 1.80. The number of hydrogen-bond donors (Lipinski definition) is 2. The van der Waals surface area contributed by atoms with Crippen molar-refractivity contribution in [2.45, 2.75) is 31.9 Å². The summed E-state index contributed by atoms with van der Waals surface area (Å²) in [6.45, 7) is 5.00. The molecular weight excluding hydrogens is 350 g/mol. The van der Waals surface area contributed by atoms with Crippen molar-refractivity contribution in [3.05, 3.63) is 23.3 Å². The molecule has 0 aromatic heterocycles. The van der Waals surface area contributed by atoms with Crippen LogP contribution in [-0.4, -0.2) is 66.9 Å². The molecule has 1 atom stereocenters. The third kappa shape index (κ3) is 4.20. The summed E-state index contributed by atoms with van der Waals surface area (Å²) in [5.74, 6) is 4.20. The van der Waals surface area contributed by atoms with Gasteiger partial charge in [-0.3, -0.25) is 4.99 Å². The largest absolute Gasteiger partial charge is 0.493 e. The van der Waals surface area contributed by atoms with Gasteiger partial charge in [-0.1, -0.05) is 0 Å². The molecule has 1 aromatic carbocycles. The van der Waals surface area contributed by atoms with E-state index >= 15 is 0 Å². The van der Waals surface area contributed by atoms with Gasteiger partial charge in [-0.2, -0.15) is 11.8 Å². The van der Waals surface area contributed by atoms with E-state index in [1.807, 2.05) is 0 Å². The van der Waals surface area contributed by atoms with Crippen LogP contribution in [0.2, 0.25) is 0 Å². The van der Waals surface area contributed by atoms with E-state index in [4.69, 9.17) is 14.5 Å². The molecule has 6 nitrogen and oxygen atoms in total. The van der Waals surface area contributed by atoms with E-state index in [9.17, 15) is 5.11 Å². The normalized spacial score (nSPS) is 22.9. The van der Waals surface area contributed by atoms with E-state index in [1.54, 1.807) is 26.0 Å². The first-order valence-corrected chi connectivity index (χ1v) is 10.3. The molecule has 1 saturated heterocycles. The Morgan fingerprint density at radius 3 is 2.65 bits per heavy atom. The molecule has 144 valence electrons. The van der Waals surface area contributed by atoms with Gasteiger partial charge in [0.15, 0.2) is 17.5 Å². The smallest absolute Gasteiger partial charge is 0.194 e. The predicted octanol–water partition coefficient (Wildman–Crippen LogP) is 1.90. The molecule has 7 heteroatoms. The minimum Gasteiger partial charge on any atom is -0.493 e. The second-order valence-electron chi connectivity index (χ2n) is 6.84. The topological polar surface area (TPSA) is 66.3 Å². The number of rotatable bonds is 5. The highest BCUT2D eigenvalue weighted by atomic mass is 32.2. The Bertz CT molecular complexity index is 660. The van der Waals surface area contributed by atoms with E-state index in [0.717, 1.165) is 61.4 Å². The molecule has 1 aromatic rings. The molecule has 0 amide bonds. The van der Waals surface area contributed by atoms with E-state index < -0.39 is 5.60 Å². The molecule has 0 spiro atoms. The summed E-state index contributed by atoms with van der Waals surface area (Å²) in [6.07, 6.45) is 1.75. The highest BCUT2D eigenvalue weighted by molar-refractivity contribution is 7.99. The third-order valence-electron chi connectivity index (χ3n) is 4.96. The molecule has 26 heavy (non-hydrogen) atoms. The summed E-state index contributed by atoms with van der Waals surface area (Å²) in [6, 6.07) is 4.14. The second kappa shape index (κ2) is 8.39. The number of nitrogens with one attached hydrogen (secondary N) is 1. The fraction of sp³-hybridized carbons (Fsp3) is 0.632. The van der Waals surface area contributed by atoms with Gasteiger partial charge in [0, 0.05) is 25.4 Å². The molecule has 2 heterocycles. The van der Waals surface area contributed by atoms with Crippen LogP contribution in [-0.2, 0) is 13.0 Å². The van der Waals surface area contributed by atoms with Gasteiger partial charge in [-0.15, -0.1) is 0 Å². The third-order valence-corrected chi connectivity index (χ3v) is 6.19. The predicted molar refractivity (Wildman–Crippen MR) is 107 cm³/mol. The number of hydrogen-bond acceptors (Lipinski definition) is 5. The average Bonchev–Trinajstić information content (AvgIpc) is 3.10. The number of guanidine groups is 1. The maximum atomic E-state index is 10.6. The Labute approximate surface area is 160 Å². The first-order valence-electron chi connectivity index (χ1n) is 9.15. The van der Waals surface area contributed by atoms with Crippen molar-refractivity contribution in [2.24, 2.45) is 4.99 Å². The number of thioether (sulfide) groups is 1. The van der Waals surface area contributed by atoms with E-state index in [2.05, 4.69) is 29.3 Å². The van der Waals surface area contributed by atoms with Crippen molar-refractivity contribution in [3.8, 4) is 11.5 Å². The second-order valence-corrected chi connectivity index (χ2v) is 7.95. The molecule has 0 radical (unpaired) electrons. The van der Waals surface area contributed by atoms with Crippen molar-refractivity contribution < 1.29 is 14.6 Å². The Balaban J connectivity index is 1.77. The van der Waals surface area contributed by atoms with Gasteiger partial charge in [0.05, 0.1) is 26.4 Å². The maximum Gasteiger partial charge on any atom is 0.194 e. The van der Waals surface area contributed by atoms with Gasteiger partial charge < -0.3 is 24.8 Å². The zero-order chi connectivity index (χ0) is 18.6. The van der Waals surface area contributed by atoms with Crippen LogP contribution in [0.15, 0.2) is 17.1 Å². The summed E-state index contributed by atoms with van der Waals surface area (Å²) in [7, 11) is 3.33.